The van der Waals surface area contributed by atoms with Crippen LogP contribution in [0.25, 0.3) is 0 Å². The van der Waals surface area contributed by atoms with Gasteiger partial charge in [0.25, 0.3) is 5.91 Å². The summed E-state index contributed by atoms with van der Waals surface area (Å²) in [6.45, 7) is 0.949. The third-order valence-corrected chi connectivity index (χ3v) is 4.45. The van der Waals surface area contributed by atoms with Gasteiger partial charge < -0.3 is 11.1 Å². The molecule has 2 saturated carbocycles. The van der Waals surface area contributed by atoms with E-state index < -0.39 is 0 Å². The average molecular weight is 296 g/mol. The summed E-state index contributed by atoms with van der Waals surface area (Å²) in [4.78, 5) is 12.4. The lowest BCUT2D eigenvalue weighted by atomic mass is 10.1. The van der Waals surface area contributed by atoms with Crippen molar-refractivity contribution in [3.63, 3.8) is 0 Å². The highest BCUT2D eigenvalue weighted by Gasteiger charge is 2.34. The fourth-order valence-corrected chi connectivity index (χ4v) is 2.80. The minimum Gasteiger partial charge on any atom is -0.327 e. The monoisotopic (exact) mass is 296 g/mol. The molecule has 2 fully saturated rings. The largest absolute Gasteiger partial charge is 0.327 e. The molecule has 0 unspecified atom stereocenters. The number of anilines is 1. The standard InChI is InChI=1S/C17H20N4O/c18-16-7-15(16)12-2-1-3-13(6-12)17(22)20-14-8-19-21(10-14)9-11-4-5-11/h1-3,6,8,10-11,15-16H,4-5,7,9,18H2,(H,20,22)/t15-,16+/m0/s1. The van der Waals surface area contributed by atoms with Crippen LogP contribution < -0.4 is 11.1 Å². The highest BCUT2D eigenvalue weighted by Crippen LogP contribution is 2.39. The van der Waals surface area contributed by atoms with Gasteiger partial charge in [0.15, 0.2) is 0 Å². The smallest absolute Gasteiger partial charge is 0.255 e. The van der Waals surface area contributed by atoms with E-state index >= 15 is 0 Å². The van der Waals surface area contributed by atoms with Crippen LogP contribution in [0.15, 0.2) is 36.7 Å². The molecule has 22 heavy (non-hydrogen) atoms. The predicted octanol–water partition coefficient (Wildman–Crippen LogP) is 2.36. The topological polar surface area (TPSA) is 72.9 Å². The van der Waals surface area contributed by atoms with Crippen LogP contribution in [0.3, 0.4) is 0 Å². The van der Waals surface area contributed by atoms with Gasteiger partial charge in [-0.15, -0.1) is 0 Å². The van der Waals surface area contributed by atoms with Crippen LogP contribution in [0, 0.1) is 5.92 Å². The van der Waals surface area contributed by atoms with E-state index in [1.165, 1.54) is 12.8 Å². The normalized spacial score (nSPS) is 23.3. The van der Waals surface area contributed by atoms with Crippen LogP contribution in [0.2, 0.25) is 0 Å². The van der Waals surface area contributed by atoms with E-state index in [1.807, 2.05) is 35.1 Å². The zero-order valence-electron chi connectivity index (χ0n) is 12.4. The van der Waals surface area contributed by atoms with Gasteiger partial charge in [0.2, 0.25) is 0 Å². The van der Waals surface area contributed by atoms with Crippen molar-refractivity contribution in [2.24, 2.45) is 11.7 Å². The first kappa shape index (κ1) is 13.5. The molecule has 0 bridgehead atoms. The Hall–Kier alpha value is -2.14. The molecule has 2 aromatic rings. The molecule has 5 nitrogen and oxygen atoms in total. The van der Waals surface area contributed by atoms with Crippen molar-refractivity contribution in [3.8, 4) is 0 Å². The summed E-state index contributed by atoms with van der Waals surface area (Å²) in [6.07, 6.45) is 7.20. The molecule has 2 atom stereocenters. The Morgan fingerprint density at radius 1 is 1.41 bits per heavy atom. The Morgan fingerprint density at radius 2 is 2.23 bits per heavy atom. The number of aromatic nitrogens is 2. The number of nitrogens with two attached hydrogens (primary N) is 1. The SMILES string of the molecule is N[C@@H]1C[C@H]1c1cccc(C(=O)Nc2cnn(CC3CC3)c2)c1. The number of hydrogen-bond donors (Lipinski definition) is 2. The molecule has 0 spiro atoms. The fraction of sp³-hybridized carbons (Fsp3) is 0.412. The van der Waals surface area contributed by atoms with Crippen LogP contribution >= 0.6 is 0 Å². The summed E-state index contributed by atoms with van der Waals surface area (Å²) in [5, 5.41) is 7.21. The number of nitrogens with zero attached hydrogens (tertiary/aromatic N) is 2. The molecule has 0 radical (unpaired) electrons. The van der Waals surface area contributed by atoms with E-state index in [9.17, 15) is 4.79 Å². The minimum absolute atomic E-state index is 0.0953. The number of amides is 1. The van der Waals surface area contributed by atoms with Crippen molar-refractivity contribution in [1.29, 1.82) is 0 Å². The summed E-state index contributed by atoms with van der Waals surface area (Å²) < 4.78 is 1.91. The maximum atomic E-state index is 12.4. The average Bonchev–Trinajstić information content (AvgIpc) is 3.41. The third-order valence-electron chi connectivity index (χ3n) is 4.45. The van der Waals surface area contributed by atoms with Gasteiger partial charge in [-0.05, 0) is 42.9 Å². The molecule has 3 N–H and O–H groups in total. The van der Waals surface area contributed by atoms with Crippen LogP contribution in [0.1, 0.15) is 41.1 Å². The van der Waals surface area contributed by atoms with Gasteiger partial charge in [-0.1, -0.05) is 12.1 Å². The van der Waals surface area contributed by atoms with Crippen molar-refractivity contribution in [2.75, 3.05) is 5.32 Å². The highest BCUT2D eigenvalue weighted by atomic mass is 16.1. The van der Waals surface area contributed by atoms with Gasteiger partial charge in [0.05, 0.1) is 11.9 Å². The molecular formula is C17H20N4O. The van der Waals surface area contributed by atoms with Gasteiger partial charge in [-0.3, -0.25) is 9.48 Å². The number of hydrogen-bond acceptors (Lipinski definition) is 3. The first-order valence-electron chi connectivity index (χ1n) is 7.88. The molecule has 2 aliphatic rings. The highest BCUT2D eigenvalue weighted by molar-refractivity contribution is 6.04. The van der Waals surface area contributed by atoms with Crippen LogP contribution in [-0.4, -0.2) is 21.7 Å². The Bertz CT molecular complexity index is 704. The summed E-state index contributed by atoms with van der Waals surface area (Å²) in [6, 6.07) is 8.00. The zero-order valence-corrected chi connectivity index (χ0v) is 12.4. The molecule has 1 heterocycles. The fourth-order valence-electron chi connectivity index (χ4n) is 2.80. The maximum absolute atomic E-state index is 12.4. The Kier molecular flexibility index (Phi) is 3.22. The zero-order chi connectivity index (χ0) is 15.1. The number of carbonyl (C=O) groups excluding carboxylic acids is 1. The quantitative estimate of drug-likeness (QED) is 0.889. The summed E-state index contributed by atoms with van der Waals surface area (Å²) in [5.41, 5.74) is 8.46. The first-order valence-corrected chi connectivity index (χ1v) is 7.88. The van der Waals surface area contributed by atoms with Crippen molar-refractivity contribution < 1.29 is 4.79 Å². The first-order chi connectivity index (χ1) is 10.7. The summed E-state index contributed by atoms with van der Waals surface area (Å²) >= 11 is 0. The van der Waals surface area contributed by atoms with E-state index in [1.54, 1.807) is 6.20 Å². The second kappa shape index (κ2) is 5.25. The van der Waals surface area contributed by atoms with Crippen molar-refractivity contribution >= 4 is 11.6 Å². The number of nitrogens with one attached hydrogen (secondary N) is 1. The Labute approximate surface area is 129 Å². The lowest BCUT2D eigenvalue weighted by molar-refractivity contribution is 0.102. The van der Waals surface area contributed by atoms with E-state index in [-0.39, 0.29) is 11.9 Å². The molecule has 5 heteroatoms. The van der Waals surface area contributed by atoms with E-state index in [0.29, 0.717) is 11.5 Å². The van der Waals surface area contributed by atoms with Crippen LogP contribution in [0.4, 0.5) is 5.69 Å². The molecule has 0 aliphatic heterocycles. The number of rotatable bonds is 5. The van der Waals surface area contributed by atoms with Crippen LogP contribution in [-0.2, 0) is 6.54 Å². The maximum Gasteiger partial charge on any atom is 0.255 e. The number of benzene rings is 1. The molecule has 1 aromatic carbocycles. The number of carbonyl (C=O) groups is 1. The third kappa shape index (κ3) is 2.90. The van der Waals surface area contributed by atoms with Crippen molar-refractivity contribution in [2.45, 2.75) is 37.8 Å². The summed E-state index contributed by atoms with van der Waals surface area (Å²) in [5.74, 6) is 1.08. The van der Waals surface area contributed by atoms with E-state index in [4.69, 9.17) is 5.73 Å². The minimum atomic E-state index is -0.0953. The van der Waals surface area contributed by atoms with Crippen LogP contribution in [0.5, 0.6) is 0 Å². The molecule has 4 rings (SSSR count). The second-order valence-electron chi connectivity index (χ2n) is 6.48. The second-order valence-corrected chi connectivity index (χ2v) is 6.48. The predicted molar refractivity (Wildman–Crippen MR) is 84.7 cm³/mol. The Morgan fingerprint density at radius 3 is 2.95 bits per heavy atom. The molecule has 1 amide bonds. The van der Waals surface area contributed by atoms with Gasteiger partial charge in [-0.2, -0.15) is 5.10 Å². The molecule has 0 saturated heterocycles. The Balaban J connectivity index is 1.43. The van der Waals surface area contributed by atoms with Crippen molar-refractivity contribution in [3.05, 3.63) is 47.8 Å². The van der Waals surface area contributed by atoms with Gasteiger partial charge in [0, 0.05) is 30.3 Å². The van der Waals surface area contributed by atoms with Crippen molar-refractivity contribution in [1.82, 2.24) is 9.78 Å². The lowest BCUT2D eigenvalue weighted by Crippen LogP contribution is -2.12. The van der Waals surface area contributed by atoms with Gasteiger partial charge >= 0.3 is 0 Å². The molecule has 2 aliphatic carbocycles. The molecule has 1 aromatic heterocycles. The van der Waals surface area contributed by atoms with Gasteiger partial charge in [0.1, 0.15) is 0 Å². The van der Waals surface area contributed by atoms with E-state index in [2.05, 4.69) is 10.4 Å². The molecular weight excluding hydrogens is 276 g/mol. The lowest BCUT2D eigenvalue weighted by Gasteiger charge is -2.05. The molecule has 114 valence electrons. The van der Waals surface area contributed by atoms with E-state index in [0.717, 1.165) is 30.1 Å². The van der Waals surface area contributed by atoms with Gasteiger partial charge in [-0.25, -0.2) is 0 Å². The summed E-state index contributed by atoms with van der Waals surface area (Å²) in [7, 11) is 0.